The van der Waals surface area contributed by atoms with Gasteiger partial charge >= 0.3 is 12.1 Å². The predicted molar refractivity (Wildman–Crippen MR) is 135 cm³/mol. The van der Waals surface area contributed by atoms with Gasteiger partial charge in [0, 0.05) is 12.5 Å². The zero-order valence-electron chi connectivity index (χ0n) is 22.2. The van der Waals surface area contributed by atoms with Gasteiger partial charge in [-0.3, -0.25) is 19.2 Å². The van der Waals surface area contributed by atoms with Crippen molar-refractivity contribution in [2.24, 2.45) is 5.73 Å². The number of carbonyl (C=O) groups is 5. The normalized spacial score (nSPS) is 14.6. The van der Waals surface area contributed by atoms with Crippen LogP contribution >= 0.6 is 0 Å². The molecule has 204 valence electrons. The van der Waals surface area contributed by atoms with Crippen molar-refractivity contribution in [2.45, 2.75) is 83.5 Å². The smallest absolute Gasteiger partial charge is 0.408 e. The van der Waals surface area contributed by atoms with E-state index in [1.807, 2.05) is 19.1 Å². The van der Waals surface area contributed by atoms with Crippen molar-refractivity contribution in [3.05, 3.63) is 35.4 Å². The number of nitrogens with one attached hydrogen (secondary N) is 2. The maximum atomic E-state index is 13.9. The summed E-state index contributed by atoms with van der Waals surface area (Å²) in [5.41, 5.74) is 6.10. The number of methoxy groups -OCH3 is 1. The minimum Gasteiger partial charge on any atom is -0.468 e. The molecule has 1 aromatic rings. The molecule has 1 aliphatic rings. The summed E-state index contributed by atoms with van der Waals surface area (Å²) in [7, 11) is 1.21. The number of rotatable bonds is 12. The van der Waals surface area contributed by atoms with Crippen molar-refractivity contribution < 1.29 is 33.4 Å². The molecule has 0 aromatic heterocycles. The lowest BCUT2D eigenvalue weighted by molar-refractivity contribution is -0.145. The van der Waals surface area contributed by atoms with E-state index in [0.717, 1.165) is 12.0 Å². The fourth-order valence-corrected chi connectivity index (χ4v) is 3.75. The minimum atomic E-state index is -1.16. The van der Waals surface area contributed by atoms with Gasteiger partial charge in [-0.1, -0.05) is 31.2 Å². The Bertz CT molecular complexity index is 984. The molecule has 0 saturated heterocycles. The fourth-order valence-electron chi connectivity index (χ4n) is 3.75. The second kappa shape index (κ2) is 13.1. The van der Waals surface area contributed by atoms with Crippen LogP contribution in [0.15, 0.2) is 24.3 Å². The van der Waals surface area contributed by atoms with E-state index in [1.54, 1.807) is 32.9 Å². The summed E-state index contributed by atoms with van der Waals surface area (Å²) in [5.74, 6) is -2.39. The molecule has 37 heavy (non-hydrogen) atoms. The van der Waals surface area contributed by atoms with Crippen molar-refractivity contribution in [2.75, 3.05) is 13.7 Å². The van der Waals surface area contributed by atoms with Gasteiger partial charge in [-0.05, 0) is 57.6 Å². The first-order valence-electron chi connectivity index (χ1n) is 12.4. The molecule has 1 fully saturated rings. The Kier molecular flexibility index (Phi) is 10.5. The Morgan fingerprint density at radius 1 is 1.11 bits per heavy atom. The van der Waals surface area contributed by atoms with Gasteiger partial charge in [0.1, 0.15) is 24.2 Å². The monoisotopic (exact) mass is 518 g/mol. The van der Waals surface area contributed by atoms with E-state index in [4.69, 9.17) is 10.5 Å². The van der Waals surface area contributed by atoms with Crippen LogP contribution in [0.2, 0.25) is 0 Å². The van der Waals surface area contributed by atoms with Gasteiger partial charge in [-0.2, -0.15) is 0 Å². The number of nitrogens with two attached hydrogens (primary N) is 1. The average Bonchev–Trinajstić information content (AvgIpc) is 3.66. The number of primary amides is 1. The number of aryl methyl sites for hydroxylation is 1. The summed E-state index contributed by atoms with van der Waals surface area (Å²) < 4.78 is 9.93. The second-order valence-corrected chi connectivity index (χ2v) is 9.97. The standard InChI is InChI=1S/C26H38N4O7/c1-6-16-7-9-17(10-8-16)22(23(33)28-15-21(32)36-5)30(18-11-12-18)24(34)19(13-14-20(27)31)29-25(35)37-26(2,3)4/h7-10,18-19,22H,6,11-15H2,1-5H3,(H2,27,31)(H,28,33)(H,29,35). The van der Waals surface area contributed by atoms with Crippen molar-refractivity contribution in [3.63, 3.8) is 0 Å². The van der Waals surface area contributed by atoms with Crippen molar-refractivity contribution in [1.82, 2.24) is 15.5 Å². The molecule has 1 aromatic carbocycles. The van der Waals surface area contributed by atoms with Crippen molar-refractivity contribution >= 4 is 29.8 Å². The SMILES string of the molecule is CCc1ccc(C(C(=O)NCC(=O)OC)N(C(=O)C(CCC(N)=O)NC(=O)OC(C)(C)C)C2CC2)cc1. The number of amides is 4. The second-order valence-electron chi connectivity index (χ2n) is 9.97. The summed E-state index contributed by atoms with van der Waals surface area (Å²) >= 11 is 0. The minimum absolute atomic E-state index is 0.0676. The van der Waals surface area contributed by atoms with Gasteiger partial charge in [0.15, 0.2) is 0 Å². The molecule has 2 rings (SSSR count). The number of benzene rings is 1. The first-order chi connectivity index (χ1) is 17.4. The summed E-state index contributed by atoms with van der Waals surface area (Å²) in [6, 6.07) is 4.78. The zero-order valence-corrected chi connectivity index (χ0v) is 22.2. The van der Waals surface area contributed by atoms with Crippen LogP contribution in [0.3, 0.4) is 0 Å². The molecule has 1 saturated carbocycles. The van der Waals surface area contributed by atoms with E-state index in [-0.39, 0.29) is 25.4 Å². The van der Waals surface area contributed by atoms with Gasteiger partial charge in [0.25, 0.3) is 0 Å². The van der Waals surface area contributed by atoms with Crippen LogP contribution in [0.4, 0.5) is 4.79 Å². The van der Waals surface area contributed by atoms with E-state index >= 15 is 0 Å². The molecular formula is C26H38N4O7. The van der Waals surface area contributed by atoms with E-state index in [1.165, 1.54) is 12.0 Å². The van der Waals surface area contributed by atoms with Crippen LogP contribution in [0.5, 0.6) is 0 Å². The largest absolute Gasteiger partial charge is 0.468 e. The molecule has 2 unspecified atom stereocenters. The van der Waals surface area contributed by atoms with Gasteiger partial charge in [0.2, 0.25) is 17.7 Å². The average molecular weight is 519 g/mol. The number of ether oxygens (including phenoxy) is 2. The highest BCUT2D eigenvalue weighted by atomic mass is 16.6. The molecule has 1 aliphatic carbocycles. The van der Waals surface area contributed by atoms with Crippen LogP contribution < -0.4 is 16.4 Å². The Hall–Kier alpha value is -3.63. The molecule has 11 nitrogen and oxygen atoms in total. The Labute approximate surface area is 217 Å². The Morgan fingerprint density at radius 3 is 2.22 bits per heavy atom. The third kappa shape index (κ3) is 9.40. The maximum Gasteiger partial charge on any atom is 0.408 e. The van der Waals surface area contributed by atoms with Crippen LogP contribution in [0, 0.1) is 0 Å². The molecule has 0 spiro atoms. The molecule has 0 bridgehead atoms. The molecule has 0 heterocycles. The van der Waals surface area contributed by atoms with E-state index in [9.17, 15) is 24.0 Å². The third-order valence-electron chi connectivity index (χ3n) is 5.73. The van der Waals surface area contributed by atoms with Crippen LogP contribution in [-0.4, -0.2) is 66.0 Å². The Balaban J connectivity index is 2.43. The lowest BCUT2D eigenvalue weighted by Gasteiger charge is -2.34. The number of alkyl carbamates (subject to hydrolysis) is 1. The van der Waals surface area contributed by atoms with E-state index in [0.29, 0.717) is 18.4 Å². The van der Waals surface area contributed by atoms with Crippen LogP contribution in [-0.2, 0) is 35.1 Å². The van der Waals surface area contributed by atoms with E-state index in [2.05, 4.69) is 15.4 Å². The van der Waals surface area contributed by atoms with E-state index < -0.39 is 47.5 Å². The van der Waals surface area contributed by atoms with Crippen molar-refractivity contribution in [1.29, 1.82) is 0 Å². The van der Waals surface area contributed by atoms with Gasteiger partial charge in [0.05, 0.1) is 7.11 Å². The lowest BCUT2D eigenvalue weighted by Crippen LogP contribution is -2.54. The number of hydrogen-bond donors (Lipinski definition) is 3. The predicted octanol–water partition coefficient (Wildman–Crippen LogP) is 1.73. The van der Waals surface area contributed by atoms with Gasteiger partial charge < -0.3 is 30.7 Å². The van der Waals surface area contributed by atoms with Gasteiger partial charge in [-0.15, -0.1) is 0 Å². The first-order valence-corrected chi connectivity index (χ1v) is 12.4. The summed E-state index contributed by atoms with van der Waals surface area (Å²) in [4.78, 5) is 64.4. The molecule has 4 N–H and O–H groups in total. The molecule has 11 heteroatoms. The Morgan fingerprint density at radius 2 is 1.73 bits per heavy atom. The number of carbonyl (C=O) groups excluding carboxylic acids is 5. The quantitative estimate of drug-likeness (QED) is 0.356. The summed E-state index contributed by atoms with van der Waals surface area (Å²) in [6.45, 7) is 6.69. The summed E-state index contributed by atoms with van der Waals surface area (Å²) in [5, 5.41) is 5.09. The number of hydrogen-bond acceptors (Lipinski definition) is 7. The highest BCUT2D eigenvalue weighted by molar-refractivity contribution is 5.93. The molecule has 2 atom stereocenters. The summed E-state index contributed by atoms with van der Waals surface area (Å²) in [6.07, 6.45) is 1.06. The van der Waals surface area contributed by atoms with Crippen LogP contribution in [0.1, 0.15) is 70.5 Å². The molecule has 0 radical (unpaired) electrons. The third-order valence-corrected chi connectivity index (χ3v) is 5.73. The lowest BCUT2D eigenvalue weighted by atomic mass is 9.99. The highest BCUT2D eigenvalue weighted by Gasteiger charge is 2.44. The molecular weight excluding hydrogens is 480 g/mol. The number of esters is 1. The van der Waals surface area contributed by atoms with Gasteiger partial charge in [-0.25, -0.2) is 4.79 Å². The first kappa shape index (κ1) is 29.6. The molecule has 4 amide bonds. The zero-order chi connectivity index (χ0) is 27.8. The van der Waals surface area contributed by atoms with Crippen LogP contribution in [0.25, 0.3) is 0 Å². The molecule has 0 aliphatic heterocycles. The van der Waals surface area contributed by atoms with Crippen molar-refractivity contribution in [3.8, 4) is 0 Å². The highest BCUT2D eigenvalue weighted by Crippen LogP contribution is 2.36. The fraction of sp³-hybridized carbons (Fsp3) is 0.577. The topological polar surface area (TPSA) is 157 Å². The maximum absolute atomic E-state index is 13.9. The number of nitrogens with zero attached hydrogens (tertiary/aromatic N) is 1.